The summed E-state index contributed by atoms with van der Waals surface area (Å²) < 4.78 is 6.25. The highest BCUT2D eigenvalue weighted by Gasteiger charge is 2.33. The van der Waals surface area contributed by atoms with Crippen molar-refractivity contribution >= 4 is 21.8 Å². The first-order valence-corrected chi connectivity index (χ1v) is 6.40. The monoisotopic (exact) mass is 314 g/mol. The van der Waals surface area contributed by atoms with Gasteiger partial charge < -0.3 is 4.74 Å². The molecular formula is C13H19BrN2O2. The molecule has 0 aliphatic rings. The summed E-state index contributed by atoms with van der Waals surface area (Å²) in [6.45, 7) is 3.74. The molecular weight excluding hydrogens is 296 g/mol. The average molecular weight is 315 g/mol. The van der Waals surface area contributed by atoms with Crippen LogP contribution in [0.25, 0.3) is 0 Å². The number of nitrogens with one attached hydrogen (secondary N) is 1. The molecule has 0 atom stereocenters. The van der Waals surface area contributed by atoms with Crippen molar-refractivity contribution in [1.82, 2.24) is 10.4 Å². The highest BCUT2D eigenvalue weighted by atomic mass is 79.9. The molecule has 0 spiro atoms. The molecule has 1 rings (SSSR count). The molecule has 0 bridgehead atoms. The lowest BCUT2D eigenvalue weighted by atomic mass is 9.83. The first kappa shape index (κ1) is 15.0. The Morgan fingerprint density at radius 2 is 2.00 bits per heavy atom. The summed E-state index contributed by atoms with van der Waals surface area (Å²) in [5.41, 5.74) is 2.94. The van der Waals surface area contributed by atoms with Crippen LogP contribution in [0, 0.1) is 0 Å². The molecule has 1 N–H and O–H groups in total. The third kappa shape index (κ3) is 3.23. The van der Waals surface area contributed by atoms with Gasteiger partial charge in [0.1, 0.15) is 5.75 Å². The quantitative estimate of drug-likeness (QED) is 0.867. The topological polar surface area (TPSA) is 41.6 Å². The molecule has 1 amide bonds. The van der Waals surface area contributed by atoms with Gasteiger partial charge in [-0.15, -0.1) is 0 Å². The minimum absolute atomic E-state index is 0.0797. The van der Waals surface area contributed by atoms with Gasteiger partial charge in [-0.2, -0.15) is 0 Å². The predicted octanol–water partition coefficient (Wildman–Crippen LogP) is 2.33. The minimum Gasteiger partial charge on any atom is -0.496 e. The van der Waals surface area contributed by atoms with Crippen molar-refractivity contribution in [3.05, 3.63) is 28.2 Å². The summed E-state index contributed by atoms with van der Waals surface area (Å²) in [6, 6.07) is 5.65. The van der Waals surface area contributed by atoms with E-state index in [0.29, 0.717) is 5.75 Å². The van der Waals surface area contributed by atoms with E-state index in [1.54, 1.807) is 26.2 Å². The van der Waals surface area contributed by atoms with E-state index in [1.807, 2.05) is 32.0 Å². The lowest BCUT2D eigenvalue weighted by molar-refractivity contribution is -0.129. The van der Waals surface area contributed by atoms with Crippen molar-refractivity contribution in [2.75, 3.05) is 21.2 Å². The summed E-state index contributed by atoms with van der Waals surface area (Å²) >= 11 is 3.42. The third-order valence-corrected chi connectivity index (χ3v) is 3.22. The van der Waals surface area contributed by atoms with Crippen molar-refractivity contribution in [2.24, 2.45) is 0 Å². The number of hydrazine groups is 1. The van der Waals surface area contributed by atoms with E-state index >= 15 is 0 Å². The molecule has 18 heavy (non-hydrogen) atoms. The molecule has 0 aliphatic heterocycles. The summed E-state index contributed by atoms with van der Waals surface area (Å²) in [5, 5.41) is 1.63. The van der Waals surface area contributed by atoms with Crippen molar-refractivity contribution < 1.29 is 9.53 Å². The number of nitrogens with zero attached hydrogens (tertiary/aromatic N) is 1. The van der Waals surface area contributed by atoms with Gasteiger partial charge in [-0.1, -0.05) is 15.9 Å². The number of methoxy groups -OCH3 is 1. The molecule has 0 aromatic heterocycles. The molecule has 0 unspecified atom stereocenters. The molecule has 0 saturated carbocycles. The molecule has 0 heterocycles. The van der Waals surface area contributed by atoms with E-state index < -0.39 is 5.41 Å². The van der Waals surface area contributed by atoms with E-state index in [2.05, 4.69) is 21.4 Å². The number of hydrogen-bond donors (Lipinski definition) is 1. The fourth-order valence-electron chi connectivity index (χ4n) is 1.63. The van der Waals surface area contributed by atoms with E-state index in [1.165, 1.54) is 0 Å². The van der Waals surface area contributed by atoms with Crippen LogP contribution in [0.5, 0.6) is 5.75 Å². The maximum atomic E-state index is 12.2. The Hall–Kier alpha value is -1.07. The van der Waals surface area contributed by atoms with Crippen molar-refractivity contribution in [3.63, 3.8) is 0 Å². The van der Waals surface area contributed by atoms with Gasteiger partial charge in [0.2, 0.25) is 5.91 Å². The largest absolute Gasteiger partial charge is 0.496 e. The molecule has 1 aromatic carbocycles. The van der Waals surface area contributed by atoms with E-state index in [-0.39, 0.29) is 5.91 Å². The van der Waals surface area contributed by atoms with Gasteiger partial charge >= 0.3 is 0 Å². The van der Waals surface area contributed by atoms with E-state index in [0.717, 1.165) is 10.0 Å². The number of carbonyl (C=O) groups is 1. The number of rotatable bonds is 4. The minimum atomic E-state index is -0.681. The number of ether oxygens (including phenoxy) is 1. The first-order valence-electron chi connectivity index (χ1n) is 5.61. The van der Waals surface area contributed by atoms with Crippen LogP contribution in [-0.4, -0.2) is 32.1 Å². The Kier molecular flexibility index (Phi) is 4.76. The van der Waals surface area contributed by atoms with Gasteiger partial charge in [0, 0.05) is 24.1 Å². The standard InChI is InChI=1S/C13H19BrN2O2/c1-13(2,12(17)15-16(3)4)10-8-9(14)6-7-11(10)18-5/h6-8H,1-5H3,(H,15,17). The highest BCUT2D eigenvalue weighted by molar-refractivity contribution is 9.10. The molecule has 0 radical (unpaired) electrons. The van der Waals surface area contributed by atoms with Crippen LogP contribution >= 0.6 is 15.9 Å². The SMILES string of the molecule is COc1ccc(Br)cc1C(C)(C)C(=O)NN(C)C. The van der Waals surface area contributed by atoms with E-state index in [4.69, 9.17) is 4.74 Å². The summed E-state index contributed by atoms with van der Waals surface area (Å²) in [5.74, 6) is 0.626. The zero-order chi connectivity index (χ0) is 13.9. The molecule has 1 aromatic rings. The predicted molar refractivity (Wildman–Crippen MR) is 75.5 cm³/mol. The second-order valence-corrected chi connectivity index (χ2v) is 5.72. The van der Waals surface area contributed by atoms with E-state index in [9.17, 15) is 4.79 Å². The van der Waals surface area contributed by atoms with Gasteiger partial charge in [-0.05, 0) is 32.0 Å². The molecule has 100 valence electrons. The Bertz CT molecular complexity index is 445. The molecule has 0 saturated heterocycles. The zero-order valence-electron chi connectivity index (χ0n) is 11.4. The van der Waals surface area contributed by atoms with Crippen LogP contribution in [0.3, 0.4) is 0 Å². The fourth-order valence-corrected chi connectivity index (χ4v) is 1.99. The zero-order valence-corrected chi connectivity index (χ0v) is 13.0. The van der Waals surface area contributed by atoms with Gasteiger partial charge in [0.15, 0.2) is 0 Å². The maximum absolute atomic E-state index is 12.2. The van der Waals surface area contributed by atoms with Gasteiger partial charge in [0.05, 0.1) is 12.5 Å². The lowest BCUT2D eigenvalue weighted by Crippen LogP contribution is -2.46. The first-order chi connectivity index (χ1) is 8.28. The Morgan fingerprint density at radius 1 is 1.39 bits per heavy atom. The van der Waals surface area contributed by atoms with Gasteiger partial charge in [-0.25, -0.2) is 5.01 Å². The number of hydrogen-bond acceptors (Lipinski definition) is 3. The van der Waals surface area contributed by atoms with Crippen LogP contribution in [-0.2, 0) is 10.2 Å². The number of benzene rings is 1. The Morgan fingerprint density at radius 3 is 2.50 bits per heavy atom. The third-order valence-electron chi connectivity index (χ3n) is 2.73. The second kappa shape index (κ2) is 5.71. The van der Waals surface area contributed by atoms with Crippen LogP contribution in [0.4, 0.5) is 0 Å². The second-order valence-electron chi connectivity index (χ2n) is 4.80. The molecule has 0 fully saturated rings. The van der Waals surface area contributed by atoms with Crippen LogP contribution in [0.1, 0.15) is 19.4 Å². The summed E-state index contributed by atoms with van der Waals surface area (Å²) in [4.78, 5) is 12.2. The molecule has 5 heteroatoms. The van der Waals surface area contributed by atoms with Crippen molar-refractivity contribution in [2.45, 2.75) is 19.3 Å². The Balaban J connectivity index is 3.18. The van der Waals surface area contributed by atoms with Gasteiger partial charge in [-0.3, -0.25) is 10.2 Å². The Labute approximate surface area is 116 Å². The van der Waals surface area contributed by atoms with Crippen LogP contribution < -0.4 is 10.2 Å². The highest BCUT2D eigenvalue weighted by Crippen LogP contribution is 2.34. The molecule has 0 aliphatic carbocycles. The number of amides is 1. The summed E-state index contributed by atoms with van der Waals surface area (Å²) in [7, 11) is 5.17. The summed E-state index contributed by atoms with van der Waals surface area (Å²) in [6.07, 6.45) is 0. The fraction of sp³-hybridized carbons (Fsp3) is 0.462. The number of halogens is 1. The smallest absolute Gasteiger partial charge is 0.244 e. The van der Waals surface area contributed by atoms with Crippen molar-refractivity contribution in [3.8, 4) is 5.75 Å². The normalized spacial score (nSPS) is 11.5. The average Bonchev–Trinajstić information content (AvgIpc) is 2.28. The van der Waals surface area contributed by atoms with Gasteiger partial charge in [0.25, 0.3) is 0 Å². The molecule has 4 nitrogen and oxygen atoms in total. The van der Waals surface area contributed by atoms with Crippen molar-refractivity contribution in [1.29, 1.82) is 0 Å². The van der Waals surface area contributed by atoms with Crippen LogP contribution in [0.2, 0.25) is 0 Å². The number of carbonyl (C=O) groups excluding carboxylic acids is 1. The lowest BCUT2D eigenvalue weighted by Gasteiger charge is -2.27. The van der Waals surface area contributed by atoms with Crippen LogP contribution in [0.15, 0.2) is 22.7 Å². The maximum Gasteiger partial charge on any atom is 0.244 e.